The normalized spacial score (nSPS) is 16.6. The summed E-state index contributed by atoms with van der Waals surface area (Å²) in [5.74, 6) is -0.870. The number of nitrogens with zero attached hydrogens (tertiary/aromatic N) is 1. The molecule has 0 radical (unpaired) electrons. The van der Waals surface area contributed by atoms with Crippen molar-refractivity contribution in [2.45, 2.75) is 30.2 Å². The van der Waals surface area contributed by atoms with Crippen molar-refractivity contribution in [3.63, 3.8) is 0 Å². The Hall–Kier alpha value is -1.46. The van der Waals surface area contributed by atoms with E-state index >= 15 is 0 Å². The lowest BCUT2D eigenvalue weighted by Gasteiger charge is -2.27. The van der Waals surface area contributed by atoms with E-state index in [1.165, 1.54) is 12.6 Å². The molecule has 0 aliphatic carbocycles. The molecule has 1 aliphatic rings. The predicted molar refractivity (Wildman–Crippen MR) is 111 cm³/mol. The highest BCUT2D eigenvalue weighted by atomic mass is 35.5. The minimum absolute atomic E-state index is 0.148. The van der Waals surface area contributed by atoms with Gasteiger partial charge in [-0.15, -0.1) is 11.3 Å². The SMILES string of the molecule is O=S(=O)(Nc1nccs1)c1cc(Cl)c(NCCCCNCC2CCN2)cc1F. The summed E-state index contributed by atoms with van der Waals surface area (Å²) >= 11 is 7.26. The summed E-state index contributed by atoms with van der Waals surface area (Å²) in [5.41, 5.74) is 0.374. The van der Waals surface area contributed by atoms with Crippen molar-refractivity contribution in [3.05, 3.63) is 34.5 Å². The molecule has 1 unspecified atom stereocenters. The van der Waals surface area contributed by atoms with E-state index in [0.717, 1.165) is 55.9 Å². The summed E-state index contributed by atoms with van der Waals surface area (Å²) in [6.07, 6.45) is 4.54. The first-order chi connectivity index (χ1) is 13.5. The molecule has 1 saturated heterocycles. The van der Waals surface area contributed by atoms with Crippen LogP contribution >= 0.6 is 22.9 Å². The van der Waals surface area contributed by atoms with Crippen molar-refractivity contribution in [2.75, 3.05) is 36.2 Å². The van der Waals surface area contributed by atoms with E-state index in [-0.39, 0.29) is 10.2 Å². The number of halogens is 2. The van der Waals surface area contributed by atoms with Crippen molar-refractivity contribution in [1.82, 2.24) is 15.6 Å². The summed E-state index contributed by atoms with van der Waals surface area (Å²) < 4.78 is 41.3. The summed E-state index contributed by atoms with van der Waals surface area (Å²) in [6, 6.07) is 2.82. The third kappa shape index (κ3) is 5.77. The van der Waals surface area contributed by atoms with Gasteiger partial charge in [-0.05, 0) is 44.5 Å². The van der Waals surface area contributed by atoms with E-state index in [1.807, 2.05) is 0 Å². The average Bonchev–Trinajstić information content (AvgIpc) is 3.10. The maximum absolute atomic E-state index is 14.4. The van der Waals surface area contributed by atoms with Crippen LogP contribution in [0.5, 0.6) is 0 Å². The van der Waals surface area contributed by atoms with Gasteiger partial charge in [-0.25, -0.2) is 17.8 Å². The van der Waals surface area contributed by atoms with Gasteiger partial charge in [-0.2, -0.15) is 0 Å². The molecule has 154 valence electrons. The van der Waals surface area contributed by atoms with Gasteiger partial charge in [-0.3, -0.25) is 4.72 Å². The molecule has 1 atom stereocenters. The van der Waals surface area contributed by atoms with Crippen LogP contribution < -0.4 is 20.7 Å². The van der Waals surface area contributed by atoms with Gasteiger partial charge in [0.1, 0.15) is 10.7 Å². The third-order valence-corrected chi connectivity index (χ3v) is 6.86. The van der Waals surface area contributed by atoms with E-state index in [1.54, 1.807) is 5.38 Å². The zero-order valence-electron chi connectivity index (χ0n) is 15.2. The molecule has 0 spiro atoms. The fraction of sp³-hybridized carbons (Fsp3) is 0.471. The molecule has 7 nitrogen and oxygen atoms in total. The Labute approximate surface area is 173 Å². The Balaban J connectivity index is 1.48. The fourth-order valence-corrected chi connectivity index (χ4v) is 4.88. The second-order valence-corrected chi connectivity index (χ2v) is 9.44. The minimum Gasteiger partial charge on any atom is -0.384 e. The molecular weight excluding hydrogens is 425 g/mol. The highest BCUT2D eigenvalue weighted by molar-refractivity contribution is 7.93. The lowest BCUT2D eigenvalue weighted by Crippen LogP contribution is -2.49. The van der Waals surface area contributed by atoms with Crippen LogP contribution in [0.3, 0.4) is 0 Å². The van der Waals surface area contributed by atoms with Crippen molar-refractivity contribution in [2.24, 2.45) is 0 Å². The minimum atomic E-state index is -4.10. The number of sulfonamides is 1. The lowest BCUT2D eigenvalue weighted by atomic mass is 10.1. The van der Waals surface area contributed by atoms with E-state index in [4.69, 9.17) is 11.6 Å². The molecule has 1 aliphatic heterocycles. The Morgan fingerprint density at radius 3 is 2.79 bits per heavy atom. The van der Waals surface area contributed by atoms with Crippen molar-refractivity contribution in [1.29, 1.82) is 0 Å². The van der Waals surface area contributed by atoms with Crippen molar-refractivity contribution >= 4 is 43.8 Å². The zero-order valence-corrected chi connectivity index (χ0v) is 17.6. The molecule has 1 aromatic heterocycles. The van der Waals surface area contributed by atoms with E-state index in [0.29, 0.717) is 18.3 Å². The summed E-state index contributed by atoms with van der Waals surface area (Å²) in [5, 5.41) is 11.7. The first-order valence-electron chi connectivity index (χ1n) is 9.05. The van der Waals surface area contributed by atoms with Crippen molar-refractivity contribution in [3.8, 4) is 0 Å². The molecule has 1 aromatic carbocycles. The van der Waals surface area contributed by atoms with Gasteiger partial charge in [0.2, 0.25) is 0 Å². The predicted octanol–water partition coefficient (Wildman–Crippen LogP) is 2.88. The van der Waals surface area contributed by atoms with Gasteiger partial charge in [0.15, 0.2) is 5.13 Å². The molecule has 4 N–H and O–H groups in total. The van der Waals surface area contributed by atoms with Crippen LogP contribution in [0.4, 0.5) is 15.2 Å². The van der Waals surface area contributed by atoms with Gasteiger partial charge in [0.25, 0.3) is 10.0 Å². The zero-order chi connectivity index (χ0) is 20.0. The first kappa shape index (κ1) is 21.3. The van der Waals surface area contributed by atoms with Gasteiger partial charge in [-0.1, -0.05) is 11.6 Å². The van der Waals surface area contributed by atoms with Crippen LogP contribution in [0, 0.1) is 5.82 Å². The number of aromatic nitrogens is 1. The number of rotatable bonds is 11. The topological polar surface area (TPSA) is 95.2 Å². The molecule has 1 fully saturated rings. The maximum atomic E-state index is 14.4. The molecule has 3 rings (SSSR count). The number of hydrogen-bond donors (Lipinski definition) is 4. The highest BCUT2D eigenvalue weighted by Gasteiger charge is 2.22. The van der Waals surface area contributed by atoms with Crippen LogP contribution in [0.25, 0.3) is 0 Å². The number of unbranched alkanes of at least 4 members (excludes halogenated alkanes) is 1. The van der Waals surface area contributed by atoms with Crippen molar-refractivity contribution < 1.29 is 12.8 Å². The van der Waals surface area contributed by atoms with Crippen LogP contribution in [0.1, 0.15) is 19.3 Å². The lowest BCUT2D eigenvalue weighted by molar-refractivity contribution is 0.353. The largest absolute Gasteiger partial charge is 0.384 e. The van der Waals surface area contributed by atoms with Gasteiger partial charge < -0.3 is 16.0 Å². The molecule has 0 bridgehead atoms. The van der Waals surface area contributed by atoms with Crippen LogP contribution in [0.2, 0.25) is 5.02 Å². The number of hydrogen-bond acceptors (Lipinski definition) is 7. The molecule has 0 saturated carbocycles. The standard InChI is InChI=1S/C17H23ClFN5O2S2/c18-13-9-16(28(25,26)24-17-23-7-8-27-17)14(19)10-15(13)22-5-2-1-4-20-11-12-3-6-21-12/h7-10,12,20-22H,1-6,11H2,(H,23,24). The number of anilines is 2. The second-order valence-electron chi connectivity index (χ2n) is 6.48. The van der Waals surface area contributed by atoms with Crippen LogP contribution in [0.15, 0.2) is 28.6 Å². The Morgan fingerprint density at radius 2 is 2.11 bits per heavy atom. The Kier molecular flexibility index (Phi) is 7.47. The fourth-order valence-electron chi connectivity index (χ4n) is 2.71. The van der Waals surface area contributed by atoms with E-state index in [9.17, 15) is 12.8 Å². The quantitative estimate of drug-likeness (QED) is 0.396. The molecule has 0 amide bonds. The molecule has 11 heteroatoms. The Bertz CT molecular complexity index is 876. The second kappa shape index (κ2) is 9.84. The van der Waals surface area contributed by atoms with Gasteiger partial charge >= 0.3 is 0 Å². The summed E-state index contributed by atoms with van der Waals surface area (Å²) in [4.78, 5) is 3.33. The van der Waals surface area contributed by atoms with Crippen LogP contribution in [-0.4, -0.2) is 45.6 Å². The van der Waals surface area contributed by atoms with E-state index < -0.39 is 20.7 Å². The maximum Gasteiger partial charge on any atom is 0.266 e. The molecular formula is C17H23ClFN5O2S2. The number of thiazole rings is 1. The molecule has 28 heavy (non-hydrogen) atoms. The van der Waals surface area contributed by atoms with Gasteiger partial charge in [0, 0.05) is 30.7 Å². The average molecular weight is 448 g/mol. The third-order valence-electron chi connectivity index (χ3n) is 4.38. The van der Waals surface area contributed by atoms with Gasteiger partial charge in [0.05, 0.1) is 10.7 Å². The molecule has 2 aromatic rings. The molecule has 2 heterocycles. The first-order valence-corrected chi connectivity index (χ1v) is 11.8. The van der Waals surface area contributed by atoms with E-state index in [2.05, 4.69) is 25.7 Å². The monoisotopic (exact) mass is 447 g/mol. The summed E-state index contributed by atoms with van der Waals surface area (Å²) in [6.45, 7) is 3.62. The number of nitrogens with one attached hydrogen (secondary N) is 4. The van der Waals surface area contributed by atoms with Crippen LogP contribution in [-0.2, 0) is 10.0 Å². The Morgan fingerprint density at radius 1 is 1.32 bits per heavy atom. The highest BCUT2D eigenvalue weighted by Crippen LogP contribution is 2.29. The smallest absolute Gasteiger partial charge is 0.266 e. The number of benzene rings is 1. The summed E-state index contributed by atoms with van der Waals surface area (Å²) in [7, 11) is -4.10.